The average molecular weight is 464 g/mol. The molecule has 0 fully saturated rings. The van der Waals surface area contributed by atoms with E-state index in [1.54, 1.807) is 24.4 Å². The van der Waals surface area contributed by atoms with Crippen LogP contribution >= 0.6 is 0 Å². The van der Waals surface area contributed by atoms with E-state index in [0.29, 0.717) is 16.5 Å². The second-order valence-electron chi connectivity index (χ2n) is 7.71. The first-order chi connectivity index (χ1) is 15.8. The number of fused-ring (bicyclic) bond motifs is 1. The summed E-state index contributed by atoms with van der Waals surface area (Å²) in [5.74, 6) is -1.02. The lowest BCUT2D eigenvalue weighted by atomic mass is 10.1. The smallest absolute Gasteiger partial charge is 0.265 e. The third-order valence-corrected chi connectivity index (χ3v) is 7.11. The SMILES string of the molecule is Cc1ccc(C)c(NC(=O)CN(c2ccc(F)cc2)S(=O)(=O)c2cccc3cnccc23)c1. The maximum absolute atomic E-state index is 13.8. The number of aromatic nitrogens is 1. The van der Waals surface area contributed by atoms with Crippen LogP contribution in [0.25, 0.3) is 10.8 Å². The number of pyridine rings is 1. The molecule has 8 heteroatoms. The van der Waals surface area contributed by atoms with Crippen molar-refractivity contribution in [2.45, 2.75) is 18.7 Å². The zero-order chi connectivity index (χ0) is 23.6. The van der Waals surface area contributed by atoms with Gasteiger partial charge in [0.2, 0.25) is 5.91 Å². The second-order valence-corrected chi connectivity index (χ2v) is 9.54. The van der Waals surface area contributed by atoms with Gasteiger partial charge >= 0.3 is 0 Å². The molecule has 0 saturated heterocycles. The molecule has 0 radical (unpaired) electrons. The van der Waals surface area contributed by atoms with Crippen molar-refractivity contribution in [2.75, 3.05) is 16.2 Å². The summed E-state index contributed by atoms with van der Waals surface area (Å²) in [6, 6.07) is 17.1. The topological polar surface area (TPSA) is 79.4 Å². The zero-order valence-corrected chi connectivity index (χ0v) is 18.9. The van der Waals surface area contributed by atoms with E-state index < -0.39 is 28.3 Å². The van der Waals surface area contributed by atoms with Gasteiger partial charge in [-0.2, -0.15) is 0 Å². The number of nitrogens with zero attached hydrogens (tertiary/aromatic N) is 2. The summed E-state index contributed by atoms with van der Waals surface area (Å²) >= 11 is 0. The largest absolute Gasteiger partial charge is 0.324 e. The Balaban J connectivity index is 1.76. The molecule has 0 saturated carbocycles. The normalized spacial score (nSPS) is 11.4. The number of hydrogen-bond acceptors (Lipinski definition) is 4. The van der Waals surface area contributed by atoms with Crippen LogP contribution < -0.4 is 9.62 Å². The van der Waals surface area contributed by atoms with Crippen LogP contribution in [-0.4, -0.2) is 25.9 Å². The van der Waals surface area contributed by atoms with Gasteiger partial charge in [-0.05, 0) is 67.4 Å². The summed E-state index contributed by atoms with van der Waals surface area (Å²) in [5.41, 5.74) is 2.60. The van der Waals surface area contributed by atoms with Crippen LogP contribution in [0.15, 0.2) is 84.0 Å². The molecule has 1 aromatic heterocycles. The number of carbonyl (C=O) groups excluding carboxylic acids is 1. The molecule has 0 unspecified atom stereocenters. The predicted octanol–water partition coefficient (Wildman–Crippen LogP) is 4.82. The Bertz CT molecular complexity index is 1430. The number of halogens is 1. The minimum absolute atomic E-state index is 0.0336. The number of aryl methyl sites for hydroxylation is 2. The lowest BCUT2D eigenvalue weighted by Gasteiger charge is -2.25. The highest BCUT2D eigenvalue weighted by Crippen LogP contribution is 2.29. The van der Waals surface area contributed by atoms with E-state index in [9.17, 15) is 17.6 Å². The number of anilines is 2. The second kappa shape index (κ2) is 8.99. The molecule has 0 aliphatic rings. The van der Waals surface area contributed by atoms with Crippen molar-refractivity contribution in [2.24, 2.45) is 0 Å². The molecule has 0 aliphatic carbocycles. The van der Waals surface area contributed by atoms with Crippen LogP contribution in [0.1, 0.15) is 11.1 Å². The summed E-state index contributed by atoms with van der Waals surface area (Å²) in [7, 11) is -4.18. The number of benzene rings is 3. The summed E-state index contributed by atoms with van der Waals surface area (Å²) in [6.45, 7) is 3.27. The van der Waals surface area contributed by atoms with Crippen LogP contribution in [0.4, 0.5) is 15.8 Å². The van der Waals surface area contributed by atoms with E-state index in [0.717, 1.165) is 27.6 Å². The standard InChI is InChI=1S/C25H22FN3O3S/c1-17-6-7-18(2)23(14-17)28-25(30)16-29(21-10-8-20(26)9-11-21)33(31,32)24-5-3-4-19-15-27-13-12-22(19)24/h3-15H,16H2,1-2H3,(H,28,30). The van der Waals surface area contributed by atoms with Gasteiger partial charge in [0.05, 0.1) is 10.6 Å². The van der Waals surface area contributed by atoms with Crippen molar-refractivity contribution in [3.05, 3.63) is 96.1 Å². The summed E-state index contributed by atoms with van der Waals surface area (Å²) in [4.78, 5) is 17.0. The van der Waals surface area contributed by atoms with E-state index >= 15 is 0 Å². The maximum Gasteiger partial charge on any atom is 0.265 e. The molecular weight excluding hydrogens is 441 g/mol. The maximum atomic E-state index is 13.8. The number of rotatable bonds is 6. The number of nitrogens with one attached hydrogen (secondary N) is 1. The van der Waals surface area contributed by atoms with E-state index in [1.807, 2.05) is 32.0 Å². The van der Waals surface area contributed by atoms with E-state index in [1.165, 1.54) is 24.4 Å². The van der Waals surface area contributed by atoms with Gasteiger partial charge in [0, 0.05) is 28.9 Å². The molecule has 1 amide bonds. The fourth-order valence-corrected chi connectivity index (χ4v) is 5.19. The van der Waals surface area contributed by atoms with Crippen LogP contribution in [-0.2, 0) is 14.8 Å². The number of sulfonamides is 1. The lowest BCUT2D eigenvalue weighted by Crippen LogP contribution is -2.38. The molecule has 1 N–H and O–H groups in total. The molecule has 33 heavy (non-hydrogen) atoms. The van der Waals surface area contributed by atoms with E-state index in [2.05, 4.69) is 10.3 Å². The Morgan fingerprint density at radius 3 is 2.55 bits per heavy atom. The highest BCUT2D eigenvalue weighted by molar-refractivity contribution is 7.93. The Kier molecular flexibility index (Phi) is 6.11. The van der Waals surface area contributed by atoms with Gasteiger partial charge in [-0.3, -0.25) is 14.1 Å². The Labute approximate surface area is 191 Å². The van der Waals surface area contributed by atoms with Crippen molar-refractivity contribution in [1.29, 1.82) is 0 Å². The van der Waals surface area contributed by atoms with Crippen molar-refractivity contribution in [3.8, 4) is 0 Å². The number of amides is 1. The van der Waals surface area contributed by atoms with Crippen LogP contribution in [0.2, 0.25) is 0 Å². The first kappa shape index (κ1) is 22.4. The van der Waals surface area contributed by atoms with Crippen molar-refractivity contribution in [1.82, 2.24) is 4.98 Å². The molecular formula is C25H22FN3O3S. The van der Waals surface area contributed by atoms with Gasteiger partial charge in [-0.15, -0.1) is 0 Å². The summed E-state index contributed by atoms with van der Waals surface area (Å²) in [6.07, 6.45) is 3.08. The Morgan fingerprint density at radius 1 is 1.03 bits per heavy atom. The first-order valence-electron chi connectivity index (χ1n) is 10.2. The van der Waals surface area contributed by atoms with E-state index in [4.69, 9.17) is 0 Å². The highest BCUT2D eigenvalue weighted by atomic mass is 32.2. The summed E-state index contributed by atoms with van der Waals surface area (Å²) < 4.78 is 42.1. The molecule has 0 bridgehead atoms. The number of carbonyl (C=O) groups is 1. The molecule has 4 aromatic rings. The van der Waals surface area contributed by atoms with E-state index in [-0.39, 0.29) is 10.6 Å². The highest BCUT2D eigenvalue weighted by Gasteiger charge is 2.29. The monoisotopic (exact) mass is 463 g/mol. The van der Waals surface area contributed by atoms with Crippen LogP contribution in [0, 0.1) is 19.7 Å². The fraction of sp³-hybridized carbons (Fsp3) is 0.120. The van der Waals surface area contributed by atoms with Gasteiger partial charge < -0.3 is 5.32 Å². The minimum atomic E-state index is -4.18. The average Bonchev–Trinajstić information content (AvgIpc) is 2.80. The van der Waals surface area contributed by atoms with Crippen LogP contribution in [0.3, 0.4) is 0 Å². The molecule has 3 aromatic carbocycles. The molecule has 1 heterocycles. The fourth-order valence-electron chi connectivity index (χ4n) is 3.55. The number of hydrogen-bond donors (Lipinski definition) is 1. The third kappa shape index (κ3) is 4.70. The third-order valence-electron chi connectivity index (χ3n) is 5.28. The quantitative estimate of drug-likeness (QED) is 0.444. The summed E-state index contributed by atoms with van der Waals surface area (Å²) in [5, 5.41) is 3.93. The van der Waals surface area contributed by atoms with Gasteiger partial charge in [0.15, 0.2) is 0 Å². The van der Waals surface area contributed by atoms with Gasteiger partial charge in [-0.1, -0.05) is 24.3 Å². The Hall–Kier alpha value is -3.78. The predicted molar refractivity (Wildman–Crippen MR) is 127 cm³/mol. The lowest BCUT2D eigenvalue weighted by molar-refractivity contribution is -0.114. The van der Waals surface area contributed by atoms with Crippen molar-refractivity contribution < 1.29 is 17.6 Å². The Morgan fingerprint density at radius 2 is 1.79 bits per heavy atom. The van der Waals surface area contributed by atoms with Crippen molar-refractivity contribution >= 4 is 38.1 Å². The van der Waals surface area contributed by atoms with Crippen molar-refractivity contribution in [3.63, 3.8) is 0 Å². The van der Waals surface area contributed by atoms with Crippen LogP contribution in [0.5, 0.6) is 0 Å². The van der Waals surface area contributed by atoms with Gasteiger partial charge in [0.25, 0.3) is 10.0 Å². The first-order valence-corrected chi connectivity index (χ1v) is 11.7. The van der Waals surface area contributed by atoms with Gasteiger partial charge in [0.1, 0.15) is 12.4 Å². The molecule has 0 atom stereocenters. The van der Waals surface area contributed by atoms with Gasteiger partial charge in [-0.25, -0.2) is 12.8 Å². The molecule has 4 rings (SSSR count). The molecule has 168 valence electrons. The zero-order valence-electron chi connectivity index (χ0n) is 18.1. The molecule has 0 spiro atoms. The molecule has 6 nitrogen and oxygen atoms in total. The molecule has 0 aliphatic heterocycles. The minimum Gasteiger partial charge on any atom is -0.324 e.